The highest BCUT2D eigenvalue weighted by molar-refractivity contribution is 7.80. The lowest BCUT2D eigenvalue weighted by Crippen LogP contribution is -2.31. The number of rotatable bonds is 1. The molecular formula is C12H25NS. The standard InChI is InChI=1S/C12H25NS/c1-12(14)13-10-8-6-4-2-3-5-7-9-11-13/h12,14H,2-11H2,1H3. The van der Waals surface area contributed by atoms with Gasteiger partial charge in [0.25, 0.3) is 0 Å². The maximum Gasteiger partial charge on any atom is 0.0499 e. The average molecular weight is 215 g/mol. The Labute approximate surface area is 94.7 Å². The molecule has 0 aromatic carbocycles. The van der Waals surface area contributed by atoms with Gasteiger partial charge in [0.1, 0.15) is 0 Å². The quantitative estimate of drug-likeness (QED) is 0.653. The largest absolute Gasteiger partial charge is 0.292 e. The Bertz CT molecular complexity index is 124. The van der Waals surface area contributed by atoms with Gasteiger partial charge >= 0.3 is 0 Å². The zero-order chi connectivity index (χ0) is 10.2. The summed E-state index contributed by atoms with van der Waals surface area (Å²) in [5, 5.41) is 0.441. The monoisotopic (exact) mass is 215 g/mol. The highest BCUT2D eigenvalue weighted by Gasteiger charge is 2.09. The molecule has 0 aromatic heterocycles. The summed E-state index contributed by atoms with van der Waals surface area (Å²) >= 11 is 4.54. The van der Waals surface area contributed by atoms with Crippen molar-refractivity contribution in [2.45, 2.75) is 63.7 Å². The Kier molecular flexibility index (Phi) is 6.70. The van der Waals surface area contributed by atoms with Gasteiger partial charge in [0.05, 0.1) is 0 Å². The van der Waals surface area contributed by atoms with Crippen LogP contribution >= 0.6 is 12.6 Å². The van der Waals surface area contributed by atoms with E-state index in [0.717, 1.165) is 0 Å². The molecule has 0 amide bonds. The Morgan fingerprint density at radius 1 is 0.786 bits per heavy atom. The van der Waals surface area contributed by atoms with Gasteiger partial charge in [0.15, 0.2) is 0 Å². The van der Waals surface area contributed by atoms with Crippen LogP contribution < -0.4 is 0 Å². The Balaban J connectivity index is 2.27. The van der Waals surface area contributed by atoms with Gasteiger partial charge in [0.2, 0.25) is 0 Å². The predicted molar refractivity (Wildman–Crippen MR) is 67.0 cm³/mol. The molecule has 84 valence electrons. The molecule has 1 atom stereocenters. The lowest BCUT2D eigenvalue weighted by atomic mass is 10.1. The fourth-order valence-corrected chi connectivity index (χ4v) is 2.41. The van der Waals surface area contributed by atoms with Gasteiger partial charge in [-0.05, 0) is 32.9 Å². The molecule has 1 fully saturated rings. The van der Waals surface area contributed by atoms with E-state index >= 15 is 0 Å². The Morgan fingerprint density at radius 3 is 1.50 bits per heavy atom. The first-order chi connectivity index (χ1) is 6.80. The number of hydrogen-bond donors (Lipinski definition) is 1. The van der Waals surface area contributed by atoms with Crippen molar-refractivity contribution in [1.82, 2.24) is 4.90 Å². The lowest BCUT2D eigenvalue weighted by molar-refractivity contribution is 0.258. The first-order valence-electron chi connectivity index (χ1n) is 6.23. The smallest absolute Gasteiger partial charge is 0.0499 e. The van der Waals surface area contributed by atoms with Crippen LogP contribution in [-0.4, -0.2) is 23.4 Å². The molecule has 1 heterocycles. The van der Waals surface area contributed by atoms with Crippen molar-refractivity contribution in [2.75, 3.05) is 13.1 Å². The molecule has 0 N–H and O–H groups in total. The van der Waals surface area contributed by atoms with Gasteiger partial charge < -0.3 is 0 Å². The van der Waals surface area contributed by atoms with Crippen LogP contribution in [0.1, 0.15) is 58.3 Å². The fourth-order valence-electron chi connectivity index (χ4n) is 2.18. The summed E-state index contributed by atoms with van der Waals surface area (Å²) in [5.41, 5.74) is 0. The minimum atomic E-state index is 0.441. The van der Waals surface area contributed by atoms with Crippen LogP contribution in [0, 0.1) is 0 Å². The number of hydrogen-bond acceptors (Lipinski definition) is 2. The van der Waals surface area contributed by atoms with Crippen LogP contribution in [-0.2, 0) is 0 Å². The molecule has 1 aliphatic rings. The molecule has 2 heteroatoms. The molecule has 14 heavy (non-hydrogen) atoms. The summed E-state index contributed by atoms with van der Waals surface area (Å²) in [7, 11) is 0. The van der Waals surface area contributed by atoms with E-state index in [1.54, 1.807) is 0 Å². The second kappa shape index (κ2) is 7.58. The topological polar surface area (TPSA) is 3.24 Å². The van der Waals surface area contributed by atoms with Crippen LogP contribution in [0.2, 0.25) is 0 Å². The van der Waals surface area contributed by atoms with E-state index in [2.05, 4.69) is 24.5 Å². The van der Waals surface area contributed by atoms with Crippen LogP contribution in [0.15, 0.2) is 0 Å². The lowest BCUT2D eigenvalue weighted by Gasteiger charge is -2.25. The van der Waals surface area contributed by atoms with E-state index in [-0.39, 0.29) is 0 Å². The molecule has 0 spiro atoms. The predicted octanol–water partition coefficient (Wildman–Crippen LogP) is 3.70. The van der Waals surface area contributed by atoms with Gasteiger partial charge in [-0.15, -0.1) is 0 Å². The van der Waals surface area contributed by atoms with E-state index in [1.165, 1.54) is 64.5 Å². The minimum absolute atomic E-state index is 0.441. The van der Waals surface area contributed by atoms with Gasteiger partial charge in [-0.1, -0.05) is 38.5 Å². The summed E-state index contributed by atoms with van der Waals surface area (Å²) in [6.45, 7) is 4.71. The van der Waals surface area contributed by atoms with Crippen molar-refractivity contribution in [1.29, 1.82) is 0 Å². The molecule has 1 nitrogen and oxygen atoms in total. The van der Waals surface area contributed by atoms with E-state index in [4.69, 9.17) is 0 Å². The van der Waals surface area contributed by atoms with E-state index < -0.39 is 0 Å². The summed E-state index contributed by atoms with van der Waals surface area (Å²) in [6, 6.07) is 0. The molecule has 1 rings (SSSR count). The highest BCUT2D eigenvalue weighted by Crippen LogP contribution is 2.14. The molecule has 0 aromatic rings. The highest BCUT2D eigenvalue weighted by atomic mass is 32.1. The van der Waals surface area contributed by atoms with Crippen molar-refractivity contribution in [3.8, 4) is 0 Å². The summed E-state index contributed by atoms with van der Waals surface area (Å²) in [6.07, 6.45) is 11.3. The second-order valence-electron chi connectivity index (χ2n) is 4.50. The third-order valence-electron chi connectivity index (χ3n) is 3.17. The molecule has 0 saturated carbocycles. The van der Waals surface area contributed by atoms with Gasteiger partial charge in [-0.3, -0.25) is 4.90 Å². The summed E-state index contributed by atoms with van der Waals surface area (Å²) in [5.74, 6) is 0. The van der Waals surface area contributed by atoms with Crippen molar-refractivity contribution in [3.63, 3.8) is 0 Å². The molecule has 1 unspecified atom stereocenters. The van der Waals surface area contributed by atoms with Crippen LogP contribution in [0.5, 0.6) is 0 Å². The van der Waals surface area contributed by atoms with Crippen molar-refractivity contribution >= 4 is 12.6 Å². The summed E-state index contributed by atoms with van der Waals surface area (Å²) in [4.78, 5) is 2.52. The molecule has 0 radical (unpaired) electrons. The molecule has 1 aliphatic heterocycles. The SMILES string of the molecule is CC(S)N1CCCCCCCCCC1. The van der Waals surface area contributed by atoms with E-state index in [1.807, 2.05) is 0 Å². The molecule has 0 aliphatic carbocycles. The molecular weight excluding hydrogens is 190 g/mol. The van der Waals surface area contributed by atoms with E-state index in [0.29, 0.717) is 5.37 Å². The zero-order valence-corrected chi connectivity index (χ0v) is 10.4. The summed E-state index contributed by atoms with van der Waals surface area (Å²) < 4.78 is 0. The third kappa shape index (κ3) is 5.26. The maximum atomic E-state index is 4.54. The fraction of sp³-hybridized carbons (Fsp3) is 1.00. The van der Waals surface area contributed by atoms with Gasteiger partial charge in [-0.25, -0.2) is 0 Å². The molecule has 0 bridgehead atoms. The number of nitrogens with zero attached hydrogens (tertiary/aromatic N) is 1. The van der Waals surface area contributed by atoms with Crippen LogP contribution in [0.25, 0.3) is 0 Å². The normalized spacial score (nSPS) is 25.3. The maximum absolute atomic E-state index is 4.54. The Morgan fingerprint density at radius 2 is 1.14 bits per heavy atom. The number of thiol groups is 1. The van der Waals surface area contributed by atoms with Crippen molar-refractivity contribution in [3.05, 3.63) is 0 Å². The van der Waals surface area contributed by atoms with Crippen LogP contribution in [0.4, 0.5) is 0 Å². The first kappa shape index (κ1) is 12.4. The Hall–Kier alpha value is 0.310. The molecule has 1 saturated heterocycles. The second-order valence-corrected chi connectivity index (χ2v) is 5.24. The third-order valence-corrected chi connectivity index (χ3v) is 3.50. The van der Waals surface area contributed by atoms with Crippen molar-refractivity contribution in [2.24, 2.45) is 0 Å². The zero-order valence-electron chi connectivity index (χ0n) is 9.54. The average Bonchev–Trinajstić information content (AvgIpc) is 2.21. The van der Waals surface area contributed by atoms with Gasteiger partial charge in [-0.2, -0.15) is 12.6 Å². The van der Waals surface area contributed by atoms with E-state index in [9.17, 15) is 0 Å². The minimum Gasteiger partial charge on any atom is -0.292 e. The first-order valence-corrected chi connectivity index (χ1v) is 6.74. The van der Waals surface area contributed by atoms with Crippen molar-refractivity contribution < 1.29 is 0 Å². The van der Waals surface area contributed by atoms with Gasteiger partial charge in [0, 0.05) is 5.37 Å². The van der Waals surface area contributed by atoms with Crippen LogP contribution in [0.3, 0.4) is 0 Å².